The average Bonchev–Trinajstić information content (AvgIpc) is 1.92. The zero-order valence-electron chi connectivity index (χ0n) is 5.57. The van der Waals surface area contributed by atoms with E-state index in [0.29, 0.717) is 6.20 Å². The first kappa shape index (κ1) is 9.56. The third-order valence-corrected chi connectivity index (χ3v) is 1.99. The first-order chi connectivity index (χ1) is 5.41. The van der Waals surface area contributed by atoms with Gasteiger partial charge in [0.2, 0.25) is 0 Å². The standard InChI is InChI=1S/C6H3F3INO/c7-6(8,9)3-1-4(10)5(12)11-2-3/h1-2H,(H,11,12). The van der Waals surface area contributed by atoms with E-state index >= 15 is 0 Å². The van der Waals surface area contributed by atoms with Gasteiger partial charge in [0.05, 0.1) is 9.13 Å². The Morgan fingerprint density at radius 1 is 1.42 bits per heavy atom. The van der Waals surface area contributed by atoms with Crippen molar-refractivity contribution in [3.05, 3.63) is 31.8 Å². The summed E-state index contributed by atoms with van der Waals surface area (Å²) in [6.45, 7) is 0. The number of hydrogen-bond donors (Lipinski definition) is 1. The Morgan fingerprint density at radius 2 is 2.00 bits per heavy atom. The molecule has 0 saturated carbocycles. The zero-order chi connectivity index (χ0) is 9.35. The van der Waals surface area contributed by atoms with Crippen LogP contribution in [0.1, 0.15) is 5.56 Å². The number of aromatic nitrogens is 1. The van der Waals surface area contributed by atoms with Crippen molar-refractivity contribution in [1.82, 2.24) is 4.98 Å². The highest BCUT2D eigenvalue weighted by Gasteiger charge is 2.30. The molecule has 1 heterocycles. The lowest BCUT2D eigenvalue weighted by Crippen LogP contribution is -2.14. The first-order valence-electron chi connectivity index (χ1n) is 2.86. The van der Waals surface area contributed by atoms with Gasteiger partial charge in [-0.15, -0.1) is 0 Å². The van der Waals surface area contributed by atoms with Crippen molar-refractivity contribution in [3.8, 4) is 0 Å². The van der Waals surface area contributed by atoms with Crippen LogP contribution in [0.15, 0.2) is 17.1 Å². The predicted octanol–water partition coefficient (Wildman–Crippen LogP) is 2.00. The number of pyridine rings is 1. The summed E-state index contributed by atoms with van der Waals surface area (Å²) >= 11 is 1.55. The fourth-order valence-electron chi connectivity index (χ4n) is 0.620. The Morgan fingerprint density at radius 3 is 2.42 bits per heavy atom. The molecule has 1 aromatic rings. The van der Waals surface area contributed by atoms with Crippen LogP contribution in [-0.4, -0.2) is 4.98 Å². The van der Waals surface area contributed by atoms with E-state index in [2.05, 4.69) is 0 Å². The van der Waals surface area contributed by atoms with Crippen LogP contribution in [0.5, 0.6) is 0 Å². The van der Waals surface area contributed by atoms with E-state index in [-0.39, 0.29) is 3.57 Å². The highest BCUT2D eigenvalue weighted by Crippen LogP contribution is 2.28. The molecule has 0 bridgehead atoms. The third-order valence-electron chi connectivity index (χ3n) is 1.19. The molecule has 66 valence electrons. The molecule has 0 aliphatic heterocycles. The number of aromatic amines is 1. The van der Waals surface area contributed by atoms with Gasteiger partial charge in [-0.1, -0.05) is 0 Å². The number of alkyl halides is 3. The Kier molecular flexibility index (Phi) is 2.45. The van der Waals surface area contributed by atoms with Crippen molar-refractivity contribution >= 4 is 22.6 Å². The number of rotatable bonds is 0. The molecule has 0 amide bonds. The van der Waals surface area contributed by atoms with Crippen LogP contribution in [0.3, 0.4) is 0 Å². The average molecular weight is 289 g/mol. The van der Waals surface area contributed by atoms with Gasteiger partial charge in [0.25, 0.3) is 5.56 Å². The maximum Gasteiger partial charge on any atom is 0.417 e. The second-order valence-electron chi connectivity index (χ2n) is 2.06. The predicted molar refractivity (Wildman–Crippen MR) is 44.8 cm³/mol. The SMILES string of the molecule is O=c1[nH]cc(C(F)(F)F)cc1I. The lowest BCUT2D eigenvalue weighted by atomic mass is 10.3. The molecule has 0 aliphatic rings. The highest BCUT2D eigenvalue weighted by atomic mass is 127. The van der Waals surface area contributed by atoms with Crippen LogP contribution in [-0.2, 0) is 6.18 Å². The minimum atomic E-state index is -4.40. The van der Waals surface area contributed by atoms with E-state index in [1.807, 2.05) is 4.98 Å². The molecule has 0 radical (unpaired) electrons. The molecule has 0 fully saturated rings. The number of halogens is 4. The third kappa shape index (κ3) is 1.99. The van der Waals surface area contributed by atoms with Crippen molar-refractivity contribution in [2.45, 2.75) is 6.18 Å². The normalized spacial score (nSPS) is 11.7. The molecule has 6 heteroatoms. The fourth-order valence-corrected chi connectivity index (χ4v) is 1.11. The minimum Gasteiger partial charge on any atom is -0.328 e. The fraction of sp³-hybridized carbons (Fsp3) is 0.167. The Labute approximate surface area is 78.9 Å². The summed E-state index contributed by atoms with van der Waals surface area (Å²) in [7, 11) is 0. The highest BCUT2D eigenvalue weighted by molar-refractivity contribution is 14.1. The Hall–Kier alpha value is -0.530. The molecule has 1 aromatic heterocycles. The summed E-state index contributed by atoms with van der Waals surface area (Å²) < 4.78 is 36.0. The molecule has 0 aromatic carbocycles. The molecule has 2 nitrogen and oxygen atoms in total. The Balaban J connectivity index is 3.23. The van der Waals surface area contributed by atoms with Gasteiger partial charge in [-0.25, -0.2) is 0 Å². The quantitative estimate of drug-likeness (QED) is 0.728. The maximum atomic E-state index is 12.0. The van der Waals surface area contributed by atoms with E-state index in [9.17, 15) is 18.0 Å². The van der Waals surface area contributed by atoms with Crippen molar-refractivity contribution in [2.24, 2.45) is 0 Å². The van der Waals surface area contributed by atoms with Gasteiger partial charge in [-0.05, 0) is 28.7 Å². The van der Waals surface area contributed by atoms with Crippen LogP contribution >= 0.6 is 22.6 Å². The van der Waals surface area contributed by atoms with Gasteiger partial charge in [-0.3, -0.25) is 4.79 Å². The summed E-state index contributed by atoms with van der Waals surface area (Å²) in [5.41, 5.74) is -1.35. The Bertz CT molecular complexity index is 343. The first-order valence-corrected chi connectivity index (χ1v) is 3.94. The molecular weight excluding hydrogens is 286 g/mol. The molecule has 1 rings (SSSR count). The van der Waals surface area contributed by atoms with Gasteiger partial charge in [0, 0.05) is 6.20 Å². The van der Waals surface area contributed by atoms with Crippen LogP contribution in [0.2, 0.25) is 0 Å². The zero-order valence-corrected chi connectivity index (χ0v) is 7.73. The van der Waals surface area contributed by atoms with Crippen molar-refractivity contribution in [3.63, 3.8) is 0 Å². The van der Waals surface area contributed by atoms with Crippen LogP contribution in [0, 0.1) is 3.57 Å². The molecule has 0 saturated heterocycles. The van der Waals surface area contributed by atoms with Crippen molar-refractivity contribution in [1.29, 1.82) is 0 Å². The van der Waals surface area contributed by atoms with Gasteiger partial charge < -0.3 is 4.98 Å². The lowest BCUT2D eigenvalue weighted by molar-refractivity contribution is -0.137. The van der Waals surface area contributed by atoms with Crippen molar-refractivity contribution in [2.75, 3.05) is 0 Å². The molecule has 1 N–H and O–H groups in total. The summed E-state index contributed by atoms with van der Waals surface area (Å²) in [4.78, 5) is 12.7. The molecule has 0 atom stereocenters. The second kappa shape index (κ2) is 3.08. The summed E-state index contributed by atoms with van der Waals surface area (Å²) in [6, 6.07) is 0.805. The van der Waals surface area contributed by atoms with E-state index in [4.69, 9.17) is 0 Å². The topological polar surface area (TPSA) is 32.9 Å². The van der Waals surface area contributed by atoms with Gasteiger partial charge in [0.15, 0.2) is 0 Å². The summed E-state index contributed by atoms with van der Waals surface area (Å²) in [5.74, 6) is 0. The molecule has 0 spiro atoms. The number of H-pyrrole nitrogens is 1. The minimum absolute atomic E-state index is 0.0300. The van der Waals surface area contributed by atoms with Crippen LogP contribution < -0.4 is 5.56 Å². The molecular formula is C6H3F3INO. The monoisotopic (exact) mass is 289 g/mol. The van der Waals surface area contributed by atoms with Gasteiger partial charge >= 0.3 is 6.18 Å². The van der Waals surface area contributed by atoms with Crippen molar-refractivity contribution < 1.29 is 13.2 Å². The van der Waals surface area contributed by atoms with E-state index < -0.39 is 17.3 Å². The van der Waals surface area contributed by atoms with Gasteiger partial charge in [-0.2, -0.15) is 13.2 Å². The lowest BCUT2D eigenvalue weighted by Gasteiger charge is -2.04. The molecule has 0 unspecified atom stereocenters. The number of nitrogens with one attached hydrogen (secondary N) is 1. The van der Waals surface area contributed by atoms with Crippen LogP contribution in [0.25, 0.3) is 0 Å². The maximum absolute atomic E-state index is 12.0. The van der Waals surface area contributed by atoms with E-state index in [1.165, 1.54) is 0 Å². The van der Waals surface area contributed by atoms with Gasteiger partial charge in [0.1, 0.15) is 0 Å². The summed E-state index contributed by atoms with van der Waals surface area (Å²) in [6.07, 6.45) is -3.74. The largest absolute Gasteiger partial charge is 0.417 e. The number of hydrogen-bond acceptors (Lipinski definition) is 1. The smallest absolute Gasteiger partial charge is 0.328 e. The van der Waals surface area contributed by atoms with E-state index in [1.54, 1.807) is 22.6 Å². The molecule has 12 heavy (non-hydrogen) atoms. The van der Waals surface area contributed by atoms with E-state index in [0.717, 1.165) is 6.07 Å². The molecule has 0 aliphatic carbocycles. The summed E-state index contributed by atoms with van der Waals surface area (Å²) in [5, 5.41) is 0. The van der Waals surface area contributed by atoms with Crippen LogP contribution in [0.4, 0.5) is 13.2 Å². The second-order valence-corrected chi connectivity index (χ2v) is 3.23.